The van der Waals surface area contributed by atoms with Crippen LogP contribution in [0.2, 0.25) is 0 Å². The van der Waals surface area contributed by atoms with Crippen LogP contribution in [0.25, 0.3) is 0 Å². The first-order valence-corrected chi connectivity index (χ1v) is 6.26. The van der Waals surface area contributed by atoms with E-state index in [1.165, 1.54) is 0 Å². The van der Waals surface area contributed by atoms with Crippen molar-refractivity contribution in [3.05, 3.63) is 29.1 Å². The van der Waals surface area contributed by atoms with Gasteiger partial charge >= 0.3 is 0 Å². The van der Waals surface area contributed by atoms with Crippen LogP contribution in [-0.2, 0) is 0 Å². The van der Waals surface area contributed by atoms with Crippen molar-refractivity contribution < 1.29 is 26.7 Å². The molecule has 0 aliphatic rings. The Morgan fingerprint density at radius 3 is 1.78 bits per heavy atom. The van der Waals surface area contributed by atoms with E-state index < -0.39 is 34.8 Å². The Hall–Kier alpha value is -0.850. The predicted octanol–water partition coefficient (Wildman–Crippen LogP) is 4.18. The molecule has 18 heavy (non-hydrogen) atoms. The molecule has 0 amide bonds. The summed E-state index contributed by atoms with van der Waals surface area (Å²) in [6.07, 6.45) is 0.640. The molecule has 1 aromatic carbocycles. The topological polar surface area (TPSA) is 9.23 Å². The Morgan fingerprint density at radius 2 is 1.39 bits per heavy atom. The molecule has 7 heteroatoms. The normalized spacial score (nSPS) is 12.6. The molecule has 0 N–H and O–H groups in total. The summed E-state index contributed by atoms with van der Waals surface area (Å²) in [4.78, 5) is 0. The minimum atomic E-state index is -2.19. The number of ether oxygens (including phenoxy) is 1. The fourth-order valence-corrected chi connectivity index (χ4v) is 1.83. The summed E-state index contributed by atoms with van der Waals surface area (Å²) in [6.45, 7) is 1.67. The smallest absolute Gasteiger partial charge is 0.206 e. The molecule has 0 aliphatic carbocycles. The Bertz CT molecular complexity index is 405. The number of rotatable bonds is 5. The number of hydrogen-bond donors (Lipinski definition) is 0. The van der Waals surface area contributed by atoms with E-state index in [9.17, 15) is 22.0 Å². The minimum absolute atomic E-state index is 0.0834. The molecule has 0 heterocycles. The molecule has 1 nitrogen and oxygen atoms in total. The molecular weight excluding hydrogens is 323 g/mol. The minimum Gasteiger partial charge on any atom is -0.487 e. The van der Waals surface area contributed by atoms with Crippen LogP contribution in [0.4, 0.5) is 22.0 Å². The fraction of sp³-hybridized carbons (Fsp3) is 0.455. The van der Waals surface area contributed by atoms with E-state index >= 15 is 0 Å². The number of halogens is 6. The van der Waals surface area contributed by atoms with Gasteiger partial charge in [-0.15, -0.1) is 0 Å². The molecule has 0 saturated heterocycles. The molecule has 0 fully saturated rings. The zero-order valence-electron chi connectivity index (χ0n) is 9.37. The molecule has 0 bridgehead atoms. The van der Waals surface area contributed by atoms with E-state index in [0.717, 1.165) is 0 Å². The van der Waals surface area contributed by atoms with Crippen LogP contribution in [0.5, 0.6) is 5.75 Å². The van der Waals surface area contributed by atoms with Crippen molar-refractivity contribution in [1.82, 2.24) is 0 Å². The van der Waals surface area contributed by atoms with Gasteiger partial charge < -0.3 is 4.74 Å². The van der Waals surface area contributed by atoms with Crippen molar-refractivity contribution in [2.45, 2.75) is 13.3 Å². The lowest BCUT2D eigenvalue weighted by molar-refractivity contribution is 0.225. The summed E-state index contributed by atoms with van der Waals surface area (Å²) in [6, 6.07) is 0. The van der Waals surface area contributed by atoms with Gasteiger partial charge in [0, 0.05) is 11.2 Å². The first kappa shape index (κ1) is 15.2. The largest absolute Gasteiger partial charge is 0.487 e. The number of hydrogen-bond acceptors (Lipinski definition) is 1. The lowest BCUT2D eigenvalue weighted by Gasteiger charge is -2.14. The van der Waals surface area contributed by atoms with Gasteiger partial charge in [0.15, 0.2) is 5.75 Å². The van der Waals surface area contributed by atoms with Gasteiger partial charge in [0.05, 0.1) is 6.61 Å². The second-order valence-electron chi connectivity index (χ2n) is 3.64. The van der Waals surface area contributed by atoms with E-state index in [0.29, 0.717) is 11.8 Å². The fourth-order valence-electron chi connectivity index (χ4n) is 1.18. The highest BCUT2D eigenvalue weighted by Gasteiger charge is 2.27. The Morgan fingerprint density at radius 1 is 0.944 bits per heavy atom. The average Bonchev–Trinajstić information content (AvgIpc) is 2.38. The van der Waals surface area contributed by atoms with Gasteiger partial charge in [-0.2, -0.15) is 8.78 Å². The summed E-state index contributed by atoms with van der Waals surface area (Å²) in [5.74, 6) is -11.4. The molecule has 0 saturated carbocycles. The molecular formula is C11H10BrF5O. The van der Waals surface area contributed by atoms with Crippen molar-refractivity contribution in [3.8, 4) is 5.75 Å². The van der Waals surface area contributed by atoms with E-state index in [-0.39, 0.29) is 12.5 Å². The molecule has 0 aliphatic heterocycles. The van der Waals surface area contributed by atoms with Gasteiger partial charge in [0.25, 0.3) is 0 Å². The third-order valence-corrected chi connectivity index (χ3v) is 3.34. The van der Waals surface area contributed by atoms with E-state index in [4.69, 9.17) is 4.74 Å². The Labute approximate surface area is 109 Å². The summed E-state index contributed by atoms with van der Waals surface area (Å²) in [5.41, 5.74) is 0. The van der Waals surface area contributed by atoms with Crippen molar-refractivity contribution in [2.24, 2.45) is 5.92 Å². The van der Waals surface area contributed by atoms with Crippen LogP contribution in [0.15, 0.2) is 0 Å². The van der Waals surface area contributed by atoms with E-state index in [2.05, 4.69) is 15.9 Å². The van der Waals surface area contributed by atoms with Crippen LogP contribution >= 0.6 is 15.9 Å². The molecule has 1 rings (SSSR count). The molecule has 0 aromatic heterocycles. The van der Waals surface area contributed by atoms with E-state index in [1.807, 2.05) is 6.92 Å². The summed E-state index contributed by atoms with van der Waals surface area (Å²) in [7, 11) is 0. The maximum atomic E-state index is 13.2. The van der Waals surface area contributed by atoms with E-state index in [1.54, 1.807) is 0 Å². The molecule has 102 valence electrons. The second-order valence-corrected chi connectivity index (χ2v) is 4.29. The third kappa shape index (κ3) is 2.93. The lowest BCUT2D eigenvalue weighted by atomic mass is 10.1. The highest BCUT2D eigenvalue weighted by atomic mass is 79.9. The zero-order chi connectivity index (χ0) is 13.9. The maximum absolute atomic E-state index is 13.2. The van der Waals surface area contributed by atoms with Gasteiger partial charge in [0.1, 0.15) is 0 Å². The van der Waals surface area contributed by atoms with Gasteiger partial charge in [-0.1, -0.05) is 22.9 Å². The first-order valence-electron chi connectivity index (χ1n) is 5.14. The first-order chi connectivity index (χ1) is 8.43. The molecule has 1 unspecified atom stereocenters. The van der Waals surface area contributed by atoms with Crippen LogP contribution in [0.3, 0.4) is 0 Å². The van der Waals surface area contributed by atoms with Gasteiger partial charge in [-0.25, -0.2) is 13.2 Å². The van der Waals surface area contributed by atoms with Crippen molar-refractivity contribution in [1.29, 1.82) is 0 Å². The monoisotopic (exact) mass is 332 g/mol. The Balaban J connectivity index is 3.03. The van der Waals surface area contributed by atoms with Gasteiger partial charge in [0.2, 0.25) is 29.1 Å². The van der Waals surface area contributed by atoms with Crippen molar-refractivity contribution >= 4 is 15.9 Å². The quantitative estimate of drug-likeness (QED) is 0.340. The van der Waals surface area contributed by atoms with Crippen LogP contribution < -0.4 is 4.74 Å². The summed E-state index contributed by atoms with van der Waals surface area (Å²) in [5, 5.41) is 0.499. The molecule has 1 atom stereocenters. The lowest BCUT2D eigenvalue weighted by Crippen LogP contribution is -2.15. The predicted molar refractivity (Wildman–Crippen MR) is 59.3 cm³/mol. The van der Waals surface area contributed by atoms with Crippen molar-refractivity contribution in [2.75, 3.05) is 11.9 Å². The third-order valence-electron chi connectivity index (χ3n) is 2.43. The highest BCUT2D eigenvalue weighted by molar-refractivity contribution is 9.09. The SMILES string of the molecule is CCC(CBr)COc1c(F)c(F)c(F)c(F)c1F. The average molecular weight is 333 g/mol. The van der Waals surface area contributed by atoms with Crippen LogP contribution in [0.1, 0.15) is 13.3 Å². The number of benzene rings is 1. The Kier molecular flexibility index (Phi) is 5.37. The molecule has 0 spiro atoms. The maximum Gasteiger partial charge on any atom is 0.206 e. The second kappa shape index (κ2) is 6.36. The standard InChI is InChI=1S/C11H10BrF5O/c1-2-5(3-12)4-18-11-9(16)7(14)6(13)8(15)10(11)17/h5H,2-4H2,1H3. The summed E-state index contributed by atoms with van der Waals surface area (Å²) < 4.78 is 69.5. The number of alkyl halides is 1. The van der Waals surface area contributed by atoms with Crippen molar-refractivity contribution in [3.63, 3.8) is 0 Å². The van der Waals surface area contributed by atoms with Crippen LogP contribution in [-0.4, -0.2) is 11.9 Å². The summed E-state index contributed by atoms with van der Waals surface area (Å²) >= 11 is 3.15. The molecule has 1 aromatic rings. The highest BCUT2D eigenvalue weighted by Crippen LogP contribution is 2.29. The van der Waals surface area contributed by atoms with Gasteiger partial charge in [-0.05, 0) is 6.42 Å². The molecule has 0 radical (unpaired) electrons. The van der Waals surface area contributed by atoms with Gasteiger partial charge in [-0.3, -0.25) is 0 Å². The zero-order valence-corrected chi connectivity index (χ0v) is 11.0. The van der Waals surface area contributed by atoms with Crippen LogP contribution in [0, 0.1) is 35.0 Å².